The van der Waals surface area contributed by atoms with Crippen LogP contribution in [0.15, 0.2) is 42.5 Å². The molecule has 3 rings (SSSR count). The third-order valence-corrected chi connectivity index (χ3v) is 3.67. The lowest BCUT2D eigenvalue weighted by Gasteiger charge is -2.21. The Balaban J connectivity index is 2.13. The van der Waals surface area contributed by atoms with Crippen molar-refractivity contribution >= 4 is 24.7 Å². The average Bonchev–Trinajstić information content (AvgIpc) is 2.93. The molecule has 0 amide bonds. The summed E-state index contributed by atoms with van der Waals surface area (Å²) in [7, 11) is 0.931. The van der Waals surface area contributed by atoms with E-state index in [0.29, 0.717) is 0 Å². The van der Waals surface area contributed by atoms with Crippen LogP contribution in [0.2, 0.25) is 11.3 Å². The molecule has 0 N–H and O–H groups in total. The van der Waals surface area contributed by atoms with Gasteiger partial charge in [-0.2, -0.15) is 0 Å². The highest BCUT2D eigenvalue weighted by atomic mass is 35.5. The minimum Gasteiger partial charge on any atom is -0.304 e. The second-order valence-corrected chi connectivity index (χ2v) is 5.20. The summed E-state index contributed by atoms with van der Waals surface area (Å²) in [5.41, 5.74) is 4.50. The van der Waals surface area contributed by atoms with Gasteiger partial charge in [-0.3, -0.25) is 4.84 Å². The summed E-state index contributed by atoms with van der Waals surface area (Å²) in [6.45, 7) is 2.88. The molecule has 0 aliphatic carbocycles. The molecular formula is C15H15BClNO. The van der Waals surface area contributed by atoms with Crippen molar-refractivity contribution in [3.63, 3.8) is 0 Å². The lowest BCUT2D eigenvalue weighted by molar-refractivity contribution is 0.185. The first-order valence-electron chi connectivity index (χ1n) is 6.52. The monoisotopic (exact) mass is 271 g/mol. The molecule has 0 bridgehead atoms. The lowest BCUT2D eigenvalue weighted by Crippen LogP contribution is -2.19. The molecule has 4 heteroatoms. The van der Waals surface area contributed by atoms with Gasteiger partial charge in [-0.1, -0.05) is 41.4 Å². The van der Waals surface area contributed by atoms with Gasteiger partial charge in [0.2, 0.25) is 0 Å². The van der Waals surface area contributed by atoms with Gasteiger partial charge in [-0.15, -0.1) is 0 Å². The highest BCUT2D eigenvalue weighted by Crippen LogP contribution is 2.36. The Bertz CT molecular complexity index is 596. The third kappa shape index (κ3) is 2.49. The number of aryl methyl sites for hydroxylation is 1. The summed E-state index contributed by atoms with van der Waals surface area (Å²) in [5.74, 6) is 0. The molecule has 1 heterocycles. The Kier molecular flexibility index (Phi) is 3.49. The van der Waals surface area contributed by atoms with E-state index in [9.17, 15) is 0 Å². The van der Waals surface area contributed by atoms with Crippen LogP contribution in [0.4, 0.5) is 5.69 Å². The maximum Gasteiger partial charge on any atom is 0.275 e. The van der Waals surface area contributed by atoms with E-state index >= 15 is 0 Å². The smallest absolute Gasteiger partial charge is 0.275 e. The first-order valence-corrected chi connectivity index (χ1v) is 6.89. The Hall–Kier alpha value is -1.45. The highest BCUT2D eigenvalue weighted by molar-refractivity contribution is 6.42. The molecular weight excluding hydrogens is 256 g/mol. The maximum atomic E-state index is 6.33. The molecule has 96 valence electrons. The van der Waals surface area contributed by atoms with Crippen molar-refractivity contribution in [1.29, 1.82) is 0 Å². The quantitative estimate of drug-likeness (QED) is 0.770. The second-order valence-electron chi connectivity index (χ2n) is 4.79. The summed E-state index contributed by atoms with van der Waals surface area (Å²) < 4.78 is 0. The molecule has 0 spiro atoms. The van der Waals surface area contributed by atoms with E-state index in [1.165, 1.54) is 5.56 Å². The summed E-state index contributed by atoms with van der Waals surface area (Å²) in [6, 6.07) is 14.3. The number of anilines is 1. The zero-order valence-corrected chi connectivity index (χ0v) is 11.7. The largest absolute Gasteiger partial charge is 0.304 e. The van der Waals surface area contributed by atoms with Gasteiger partial charge < -0.3 is 4.97 Å². The topological polar surface area (TPSA) is 12.5 Å². The van der Waals surface area contributed by atoms with Gasteiger partial charge >= 0.3 is 0 Å². The summed E-state index contributed by atoms with van der Waals surface area (Å²) in [5, 5.41) is 0.772. The van der Waals surface area contributed by atoms with Gasteiger partial charge in [0, 0.05) is 16.1 Å². The van der Waals surface area contributed by atoms with Gasteiger partial charge in [0.25, 0.3) is 7.41 Å². The maximum absolute atomic E-state index is 6.33. The molecule has 19 heavy (non-hydrogen) atoms. The van der Waals surface area contributed by atoms with Crippen LogP contribution in [0.1, 0.15) is 5.56 Å². The van der Waals surface area contributed by atoms with Crippen molar-refractivity contribution in [2.75, 3.05) is 11.6 Å². The van der Waals surface area contributed by atoms with Crippen molar-refractivity contribution in [3.05, 3.63) is 53.1 Å². The van der Waals surface area contributed by atoms with Gasteiger partial charge in [-0.25, -0.2) is 0 Å². The molecule has 1 aliphatic rings. The van der Waals surface area contributed by atoms with E-state index in [1.54, 1.807) is 0 Å². The van der Waals surface area contributed by atoms with Crippen LogP contribution in [-0.4, -0.2) is 14.0 Å². The first-order chi connectivity index (χ1) is 9.25. The Morgan fingerprint density at radius 1 is 1.16 bits per heavy atom. The summed E-state index contributed by atoms with van der Waals surface area (Å²) in [6.07, 6.45) is 1.07. The van der Waals surface area contributed by atoms with E-state index < -0.39 is 0 Å². The Morgan fingerprint density at radius 3 is 2.74 bits per heavy atom. The normalized spacial score (nSPS) is 14.5. The number of rotatable bonds is 2. The van der Waals surface area contributed by atoms with Crippen LogP contribution in [0.5, 0.6) is 0 Å². The van der Waals surface area contributed by atoms with Crippen LogP contribution in [0.3, 0.4) is 0 Å². The molecule has 2 aromatic carbocycles. The molecule has 2 aromatic rings. The fourth-order valence-corrected chi connectivity index (χ4v) is 2.64. The number of halogens is 1. The fourth-order valence-electron chi connectivity index (χ4n) is 2.40. The van der Waals surface area contributed by atoms with Crippen molar-refractivity contribution in [1.82, 2.24) is 0 Å². The molecule has 0 atom stereocenters. The molecule has 0 aromatic heterocycles. The van der Waals surface area contributed by atoms with Gasteiger partial charge in [-0.05, 0) is 31.4 Å². The van der Waals surface area contributed by atoms with Gasteiger partial charge in [0.15, 0.2) is 0 Å². The average molecular weight is 272 g/mol. The third-order valence-electron chi connectivity index (χ3n) is 3.34. The van der Waals surface area contributed by atoms with Crippen molar-refractivity contribution < 1.29 is 4.84 Å². The molecule has 0 saturated carbocycles. The molecule has 1 fully saturated rings. The molecule has 1 aliphatic heterocycles. The second kappa shape index (κ2) is 5.28. The predicted octanol–water partition coefficient (Wildman–Crippen LogP) is 3.84. The SMILES string of the molecule is Cc1ccc(N2BCCO2)c(-c2ccccc2Cl)c1. The zero-order chi connectivity index (χ0) is 13.2. The Morgan fingerprint density at radius 2 is 2.00 bits per heavy atom. The van der Waals surface area contributed by atoms with Crippen molar-refractivity contribution in [2.45, 2.75) is 13.2 Å². The highest BCUT2D eigenvalue weighted by Gasteiger charge is 2.19. The fraction of sp³-hybridized carbons (Fsp3) is 0.200. The summed E-state index contributed by atoms with van der Waals surface area (Å²) >= 11 is 6.33. The van der Waals surface area contributed by atoms with Gasteiger partial charge in [0.1, 0.15) is 0 Å². The van der Waals surface area contributed by atoms with Crippen LogP contribution < -0.4 is 4.97 Å². The zero-order valence-electron chi connectivity index (χ0n) is 10.9. The van der Waals surface area contributed by atoms with Gasteiger partial charge in [0.05, 0.1) is 12.3 Å². The first kappa shape index (κ1) is 12.6. The van der Waals surface area contributed by atoms with Crippen LogP contribution in [0.25, 0.3) is 11.1 Å². The van der Waals surface area contributed by atoms with Crippen LogP contribution in [0, 0.1) is 6.92 Å². The number of hydrogen-bond acceptors (Lipinski definition) is 2. The molecule has 2 nitrogen and oxygen atoms in total. The number of benzene rings is 2. The van der Waals surface area contributed by atoms with E-state index in [4.69, 9.17) is 16.4 Å². The summed E-state index contributed by atoms with van der Waals surface area (Å²) in [4.78, 5) is 7.64. The predicted molar refractivity (Wildman–Crippen MR) is 82.0 cm³/mol. The molecule has 0 radical (unpaired) electrons. The standard InChI is InChI=1S/C15H15BClNO/c1-11-6-7-15(18-16-8-9-19-18)13(10-11)12-4-2-3-5-14(12)17/h2-7,10,16H,8-9H2,1H3. The lowest BCUT2D eigenvalue weighted by atomic mass is 9.88. The van der Waals surface area contributed by atoms with Crippen molar-refractivity contribution in [3.8, 4) is 11.1 Å². The van der Waals surface area contributed by atoms with Crippen molar-refractivity contribution in [2.24, 2.45) is 0 Å². The van der Waals surface area contributed by atoms with E-state index in [2.05, 4.69) is 31.2 Å². The van der Waals surface area contributed by atoms with E-state index in [-0.39, 0.29) is 0 Å². The molecule has 0 unspecified atom stereocenters. The number of hydrogen-bond donors (Lipinski definition) is 0. The Labute approximate surface area is 119 Å². The van der Waals surface area contributed by atoms with Crippen LogP contribution >= 0.6 is 11.6 Å². The van der Waals surface area contributed by atoms with E-state index in [0.717, 1.165) is 42.2 Å². The number of nitrogens with zero attached hydrogens (tertiary/aromatic N) is 1. The minimum absolute atomic E-state index is 0.772. The van der Waals surface area contributed by atoms with E-state index in [1.807, 2.05) is 23.2 Å². The minimum atomic E-state index is 0.772. The van der Waals surface area contributed by atoms with Crippen LogP contribution in [-0.2, 0) is 4.84 Å². The molecule has 1 saturated heterocycles.